The number of pyridine rings is 2. The lowest BCUT2D eigenvalue weighted by Gasteiger charge is -2.32. The third kappa shape index (κ3) is 7.79. The van der Waals surface area contributed by atoms with Crippen molar-refractivity contribution in [3.05, 3.63) is 80.4 Å². The first-order valence-electron chi connectivity index (χ1n) is 17.7. The molecule has 2 saturated heterocycles. The highest BCUT2D eigenvalue weighted by Crippen LogP contribution is 2.44. The first-order chi connectivity index (χ1) is 26.0. The predicted octanol–water partition coefficient (Wildman–Crippen LogP) is 6.85. The van der Waals surface area contributed by atoms with E-state index in [1.807, 2.05) is 30.3 Å². The molecule has 5 heterocycles. The van der Waals surface area contributed by atoms with Gasteiger partial charge in [0, 0.05) is 85.1 Å². The third-order valence-corrected chi connectivity index (χ3v) is 11.4. The van der Waals surface area contributed by atoms with E-state index in [0.29, 0.717) is 62.9 Å². The van der Waals surface area contributed by atoms with Crippen molar-refractivity contribution in [2.75, 3.05) is 33.9 Å². The highest BCUT2D eigenvalue weighted by Gasteiger charge is 2.29. The highest BCUT2D eigenvalue weighted by atomic mass is 35.5. The van der Waals surface area contributed by atoms with E-state index < -0.39 is 6.09 Å². The Hall–Kier alpha value is -4.62. The van der Waals surface area contributed by atoms with Crippen molar-refractivity contribution < 1.29 is 29.0 Å². The Morgan fingerprint density at radius 1 is 0.944 bits per heavy atom. The fraction of sp³-hybridized carbons (Fsp3) is 0.359. The lowest BCUT2D eigenvalue weighted by molar-refractivity contribution is -0.120. The lowest BCUT2D eigenvalue weighted by Crippen LogP contribution is -2.41. The quantitative estimate of drug-likeness (QED) is 0.148. The normalized spacial score (nSPS) is 18.2. The molecular weight excluding hydrogens is 755 g/mol. The Balaban J connectivity index is 1.16. The topological polar surface area (TPSA) is 146 Å². The van der Waals surface area contributed by atoms with Gasteiger partial charge in [0.25, 0.3) is 0 Å². The molecule has 54 heavy (non-hydrogen) atoms. The number of amides is 3. The number of hydrogen-bond donors (Lipinski definition) is 3. The Morgan fingerprint density at radius 2 is 1.67 bits per heavy atom. The standard InChI is InChI=1S/C39H39Cl3N6O6/c1-53-32-15-22(14-21-11-13-47(19-28(21)32)17-23-6-8-33(49)44-23)37-36(42)26(10-12-43-37)25-4-3-5-27(35(25)41)31-16-30(40)29(38(46-31)54-2)20-48(39(51)52)18-24-7-9-34(50)45-24/h3-5,10,12,14-16,23-24H,6-9,11,13,17-20H2,1-2H3,(H,44,49)(H,45,50)(H,51,52)/t23-,24-/m0/s1. The lowest BCUT2D eigenvalue weighted by atomic mass is 9.93. The van der Waals surface area contributed by atoms with Crippen molar-refractivity contribution in [1.82, 2.24) is 30.4 Å². The Labute approximate surface area is 327 Å². The van der Waals surface area contributed by atoms with E-state index in [-0.39, 0.29) is 47.9 Å². The van der Waals surface area contributed by atoms with E-state index in [1.165, 1.54) is 12.0 Å². The molecule has 3 amide bonds. The van der Waals surface area contributed by atoms with Gasteiger partial charge in [0.2, 0.25) is 17.7 Å². The number of carbonyl (C=O) groups excluding carboxylic acids is 2. The van der Waals surface area contributed by atoms with Gasteiger partial charge < -0.3 is 30.1 Å². The van der Waals surface area contributed by atoms with Gasteiger partial charge in [0.05, 0.1) is 52.8 Å². The molecular formula is C39H39Cl3N6O6. The van der Waals surface area contributed by atoms with E-state index in [4.69, 9.17) is 49.3 Å². The minimum Gasteiger partial charge on any atom is -0.496 e. The molecule has 282 valence electrons. The molecule has 2 atom stereocenters. The second-order valence-corrected chi connectivity index (χ2v) is 14.9. The summed E-state index contributed by atoms with van der Waals surface area (Å²) < 4.78 is 11.5. The largest absolute Gasteiger partial charge is 0.496 e. The fourth-order valence-electron chi connectivity index (χ4n) is 7.53. The summed E-state index contributed by atoms with van der Waals surface area (Å²) in [5.74, 6) is 0.920. The maximum atomic E-state index is 12.2. The van der Waals surface area contributed by atoms with Crippen molar-refractivity contribution in [3.63, 3.8) is 0 Å². The van der Waals surface area contributed by atoms with Crippen molar-refractivity contribution in [2.45, 2.75) is 57.3 Å². The van der Waals surface area contributed by atoms with Gasteiger partial charge in [-0.1, -0.05) is 53.0 Å². The molecule has 0 aliphatic carbocycles. The number of aromatic nitrogens is 2. The monoisotopic (exact) mass is 792 g/mol. The number of carbonyl (C=O) groups is 3. The number of carboxylic acid groups (broad SMARTS) is 1. The number of hydrogen-bond acceptors (Lipinski definition) is 8. The zero-order chi connectivity index (χ0) is 38.1. The van der Waals surface area contributed by atoms with E-state index >= 15 is 0 Å². The zero-order valence-corrected chi connectivity index (χ0v) is 32.0. The molecule has 12 nitrogen and oxygen atoms in total. The summed E-state index contributed by atoms with van der Waals surface area (Å²) in [5.41, 5.74) is 6.38. The number of fused-ring (bicyclic) bond motifs is 1. The fourth-order valence-corrected chi connectivity index (χ4v) is 8.42. The van der Waals surface area contributed by atoms with Crippen LogP contribution in [0.4, 0.5) is 4.79 Å². The van der Waals surface area contributed by atoms with Crippen molar-refractivity contribution in [2.24, 2.45) is 0 Å². The molecule has 0 spiro atoms. The maximum absolute atomic E-state index is 12.2. The van der Waals surface area contributed by atoms with Crippen molar-refractivity contribution >= 4 is 52.7 Å². The van der Waals surface area contributed by atoms with Gasteiger partial charge in [0.1, 0.15) is 5.75 Å². The van der Waals surface area contributed by atoms with Crippen molar-refractivity contribution in [3.8, 4) is 45.3 Å². The van der Waals surface area contributed by atoms with Gasteiger partial charge in [-0.2, -0.15) is 0 Å². The third-order valence-electron chi connectivity index (χ3n) is 10.3. The van der Waals surface area contributed by atoms with Gasteiger partial charge in [-0.15, -0.1) is 0 Å². The molecule has 0 unspecified atom stereocenters. The molecule has 3 aliphatic rings. The summed E-state index contributed by atoms with van der Waals surface area (Å²) in [6, 6.07) is 12.9. The minimum absolute atomic E-state index is 0.0913. The molecule has 0 saturated carbocycles. The van der Waals surface area contributed by atoms with Crippen LogP contribution in [0.3, 0.4) is 0 Å². The zero-order valence-electron chi connectivity index (χ0n) is 29.8. The summed E-state index contributed by atoms with van der Waals surface area (Å²) >= 11 is 21.1. The van der Waals surface area contributed by atoms with Crippen LogP contribution in [0.2, 0.25) is 15.1 Å². The number of ether oxygens (including phenoxy) is 2. The number of rotatable bonds is 11. The second-order valence-electron chi connectivity index (χ2n) is 13.7. The molecule has 4 aromatic rings. The second kappa shape index (κ2) is 16.0. The van der Waals surface area contributed by atoms with Gasteiger partial charge in [-0.3, -0.25) is 19.5 Å². The molecule has 3 aliphatic heterocycles. The predicted molar refractivity (Wildman–Crippen MR) is 206 cm³/mol. The van der Waals surface area contributed by atoms with Crippen molar-refractivity contribution in [1.29, 1.82) is 0 Å². The number of nitrogens with one attached hydrogen (secondary N) is 2. The van der Waals surface area contributed by atoms with Crippen LogP contribution in [0.5, 0.6) is 11.6 Å². The molecule has 0 bridgehead atoms. The molecule has 0 radical (unpaired) electrons. The molecule has 3 N–H and O–H groups in total. The van der Waals surface area contributed by atoms with Crippen LogP contribution in [0.15, 0.2) is 48.7 Å². The summed E-state index contributed by atoms with van der Waals surface area (Å²) in [4.78, 5) is 48.5. The van der Waals surface area contributed by atoms with E-state index in [0.717, 1.165) is 54.9 Å². The molecule has 7 rings (SSSR count). The smallest absolute Gasteiger partial charge is 0.407 e. The number of halogens is 3. The van der Waals surface area contributed by atoms with Crippen LogP contribution in [-0.4, -0.2) is 88.7 Å². The van der Waals surface area contributed by atoms with Crippen LogP contribution in [0.25, 0.3) is 33.6 Å². The first-order valence-corrected chi connectivity index (χ1v) is 18.8. The molecule has 2 aromatic carbocycles. The summed E-state index contributed by atoms with van der Waals surface area (Å²) in [6.07, 6.45) is 3.70. The number of methoxy groups -OCH3 is 2. The highest BCUT2D eigenvalue weighted by molar-refractivity contribution is 6.39. The van der Waals surface area contributed by atoms with Crippen LogP contribution in [0, 0.1) is 0 Å². The Bertz CT molecular complexity index is 2120. The SMILES string of the molecule is COc1cc(-c2nccc(-c3cccc(-c4cc(Cl)c(CN(C[C@@H]5CCC(=O)N5)C(=O)O)c(OC)n4)c3Cl)c2Cl)cc2c1CN(C[C@@H]1CCC(=O)N1)CC2. The Kier molecular flexibility index (Phi) is 11.2. The minimum atomic E-state index is -1.16. The maximum Gasteiger partial charge on any atom is 0.407 e. The summed E-state index contributed by atoms with van der Waals surface area (Å²) in [7, 11) is 3.10. The van der Waals surface area contributed by atoms with Crippen LogP contribution in [0.1, 0.15) is 42.4 Å². The first kappa shape index (κ1) is 37.7. The average Bonchev–Trinajstić information content (AvgIpc) is 3.77. The van der Waals surface area contributed by atoms with Gasteiger partial charge in [-0.05, 0) is 49.1 Å². The van der Waals surface area contributed by atoms with Crippen LogP contribution in [-0.2, 0) is 29.1 Å². The number of nitrogens with zero attached hydrogens (tertiary/aromatic N) is 4. The van der Waals surface area contributed by atoms with E-state index in [1.54, 1.807) is 19.4 Å². The van der Waals surface area contributed by atoms with Gasteiger partial charge in [-0.25, -0.2) is 9.78 Å². The van der Waals surface area contributed by atoms with E-state index in [2.05, 4.69) is 26.6 Å². The molecule has 15 heteroatoms. The van der Waals surface area contributed by atoms with Gasteiger partial charge in [0.15, 0.2) is 0 Å². The van der Waals surface area contributed by atoms with E-state index in [9.17, 15) is 19.5 Å². The molecule has 2 aromatic heterocycles. The number of benzene rings is 2. The average molecular weight is 794 g/mol. The molecule has 2 fully saturated rings. The van der Waals surface area contributed by atoms with Crippen LogP contribution < -0.4 is 20.1 Å². The van der Waals surface area contributed by atoms with Crippen LogP contribution >= 0.6 is 34.8 Å². The van der Waals surface area contributed by atoms with Gasteiger partial charge >= 0.3 is 6.09 Å². The Morgan fingerprint density at radius 3 is 2.35 bits per heavy atom. The summed E-state index contributed by atoms with van der Waals surface area (Å²) in [6.45, 7) is 2.39. The summed E-state index contributed by atoms with van der Waals surface area (Å²) in [5, 5.41) is 16.8.